The van der Waals surface area contributed by atoms with Crippen molar-refractivity contribution in [2.24, 2.45) is 10.2 Å². The van der Waals surface area contributed by atoms with E-state index in [0.717, 1.165) is 20.8 Å². The summed E-state index contributed by atoms with van der Waals surface area (Å²) >= 11 is 6.01. The molecule has 5 nitrogen and oxygen atoms in total. The average Bonchev–Trinajstić information content (AvgIpc) is 3.05. The lowest BCUT2D eigenvalue weighted by atomic mass is 10.1. The first-order chi connectivity index (χ1) is 12.6. The van der Waals surface area contributed by atoms with Gasteiger partial charge in [0, 0.05) is 5.56 Å². The third-order valence-electron chi connectivity index (χ3n) is 3.94. The standard InChI is InChI=1S/C19H14N4OS2/c1-11-15(19-20-13-9-5-6-10-14(13)26-19)18(25)21-17(24)16(11)23-22-12-7-3-2-4-8-12/h2-10H,1H3,(H2,21,24,25). The summed E-state index contributed by atoms with van der Waals surface area (Å²) in [5.74, 6) is 0. The minimum absolute atomic E-state index is 0.265. The van der Waals surface area contributed by atoms with Gasteiger partial charge in [0.05, 0.1) is 20.9 Å². The van der Waals surface area contributed by atoms with Crippen LogP contribution in [0.25, 0.3) is 20.8 Å². The van der Waals surface area contributed by atoms with Crippen LogP contribution in [0, 0.1) is 6.92 Å². The number of aromatic amines is 1. The van der Waals surface area contributed by atoms with Crippen molar-refractivity contribution in [1.82, 2.24) is 9.97 Å². The molecule has 0 spiro atoms. The molecule has 128 valence electrons. The molecule has 4 rings (SSSR count). The van der Waals surface area contributed by atoms with Crippen LogP contribution in [-0.4, -0.2) is 9.97 Å². The van der Waals surface area contributed by atoms with Gasteiger partial charge in [0.1, 0.15) is 5.01 Å². The molecular weight excluding hydrogens is 364 g/mol. The number of H-pyrrole nitrogens is 1. The zero-order valence-electron chi connectivity index (χ0n) is 13.8. The van der Waals surface area contributed by atoms with Crippen molar-refractivity contribution in [2.75, 3.05) is 0 Å². The van der Waals surface area contributed by atoms with Gasteiger partial charge in [0.25, 0.3) is 5.56 Å². The maximum Gasteiger partial charge on any atom is 0.276 e. The number of para-hydroxylation sites is 1. The number of nitrogens with zero attached hydrogens (tertiary/aromatic N) is 3. The van der Waals surface area contributed by atoms with Crippen LogP contribution >= 0.6 is 24.0 Å². The number of azo groups is 1. The van der Waals surface area contributed by atoms with Crippen molar-refractivity contribution in [1.29, 1.82) is 0 Å². The molecular formula is C19H14N4OS2. The Labute approximate surface area is 158 Å². The van der Waals surface area contributed by atoms with E-state index in [1.807, 2.05) is 61.5 Å². The predicted octanol–water partition coefficient (Wildman–Crippen LogP) is 5.66. The molecule has 0 radical (unpaired) electrons. The van der Waals surface area contributed by atoms with Crippen molar-refractivity contribution in [2.45, 2.75) is 11.9 Å². The van der Waals surface area contributed by atoms with Crippen molar-refractivity contribution in [3.05, 3.63) is 70.5 Å². The zero-order valence-corrected chi connectivity index (χ0v) is 15.5. The summed E-state index contributed by atoms with van der Waals surface area (Å²) in [4.78, 5) is 19.8. The van der Waals surface area contributed by atoms with E-state index in [-0.39, 0.29) is 11.2 Å². The fourth-order valence-electron chi connectivity index (χ4n) is 2.66. The summed E-state index contributed by atoms with van der Waals surface area (Å²) in [5.41, 5.74) is 3.02. The Bertz CT molecular complexity index is 1150. The molecule has 7 heteroatoms. The van der Waals surface area contributed by atoms with Crippen LogP contribution in [0.2, 0.25) is 0 Å². The van der Waals surface area contributed by atoms with Gasteiger partial charge in [-0.3, -0.25) is 4.79 Å². The molecule has 0 amide bonds. The minimum Gasteiger partial charge on any atom is -0.315 e. The lowest BCUT2D eigenvalue weighted by molar-refractivity contribution is 1.04. The number of nitrogens with one attached hydrogen (secondary N) is 1. The molecule has 0 unspecified atom stereocenters. The Morgan fingerprint density at radius 1 is 1.04 bits per heavy atom. The average molecular weight is 378 g/mol. The van der Waals surface area contributed by atoms with Crippen molar-refractivity contribution < 1.29 is 0 Å². The molecule has 4 aromatic rings. The third-order valence-corrected chi connectivity index (χ3v) is 5.33. The van der Waals surface area contributed by atoms with E-state index in [1.165, 1.54) is 0 Å². The highest BCUT2D eigenvalue weighted by atomic mass is 32.1. The van der Waals surface area contributed by atoms with Crippen molar-refractivity contribution in [3.63, 3.8) is 0 Å². The van der Waals surface area contributed by atoms with E-state index in [4.69, 9.17) is 0 Å². The minimum atomic E-state index is -0.322. The van der Waals surface area contributed by atoms with Crippen molar-refractivity contribution >= 4 is 45.6 Å². The first-order valence-corrected chi connectivity index (χ1v) is 9.18. The summed E-state index contributed by atoms with van der Waals surface area (Å²) in [5, 5.41) is 9.62. The van der Waals surface area contributed by atoms with E-state index in [0.29, 0.717) is 16.3 Å². The third kappa shape index (κ3) is 3.07. The van der Waals surface area contributed by atoms with Crippen LogP contribution in [0.15, 0.2) is 74.6 Å². The first kappa shape index (κ1) is 16.7. The van der Waals surface area contributed by atoms with Gasteiger partial charge in [0.2, 0.25) is 0 Å². The predicted molar refractivity (Wildman–Crippen MR) is 108 cm³/mol. The fraction of sp³-hybridized carbons (Fsp3) is 0.0526. The molecule has 0 aliphatic carbocycles. The summed E-state index contributed by atoms with van der Waals surface area (Å²) in [6, 6.07) is 17.2. The molecule has 2 heterocycles. The summed E-state index contributed by atoms with van der Waals surface area (Å²) in [6.45, 7) is 1.84. The molecule has 2 aromatic carbocycles. The van der Waals surface area contributed by atoms with E-state index >= 15 is 0 Å². The molecule has 0 saturated heterocycles. The molecule has 1 N–H and O–H groups in total. The lowest BCUT2D eigenvalue weighted by Gasteiger charge is -2.07. The maximum atomic E-state index is 12.4. The summed E-state index contributed by atoms with van der Waals surface area (Å²) in [7, 11) is 0. The maximum absolute atomic E-state index is 12.4. The number of benzene rings is 2. The van der Waals surface area contributed by atoms with Gasteiger partial charge >= 0.3 is 0 Å². The van der Waals surface area contributed by atoms with E-state index in [2.05, 4.69) is 32.8 Å². The normalized spacial score (nSPS) is 11.5. The number of rotatable bonds is 3. The Kier molecular flexibility index (Phi) is 4.40. The van der Waals surface area contributed by atoms with E-state index in [1.54, 1.807) is 11.3 Å². The smallest absolute Gasteiger partial charge is 0.276 e. The fourth-order valence-corrected chi connectivity index (χ4v) is 4.18. The van der Waals surface area contributed by atoms with Gasteiger partial charge in [-0.1, -0.05) is 30.3 Å². The number of hydrogen-bond donors (Lipinski definition) is 2. The van der Waals surface area contributed by atoms with Crippen molar-refractivity contribution in [3.8, 4) is 10.6 Å². The number of thiol groups is 1. The number of thiazole rings is 1. The number of hydrogen-bond acceptors (Lipinski definition) is 6. The molecule has 0 atom stereocenters. The molecule has 0 saturated carbocycles. The van der Waals surface area contributed by atoms with Crippen LogP contribution < -0.4 is 5.56 Å². The van der Waals surface area contributed by atoms with Gasteiger partial charge < -0.3 is 4.98 Å². The number of aromatic nitrogens is 2. The second-order valence-electron chi connectivity index (χ2n) is 5.67. The Balaban J connectivity index is 1.86. The van der Waals surface area contributed by atoms with Gasteiger partial charge in [-0.25, -0.2) is 4.98 Å². The molecule has 0 bridgehead atoms. The van der Waals surface area contributed by atoms with Gasteiger partial charge in [-0.2, -0.15) is 5.11 Å². The van der Waals surface area contributed by atoms with Gasteiger partial charge in [-0.15, -0.1) is 29.1 Å². The molecule has 26 heavy (non-hydrogen) atoms. The number of pyridine rings is 1. The largest absolute Gasteiger partial charge is 0.315 e. The molecule has 0 fully saturated rings. The number of fused-ring (bicyclic) bond motifs is 1. The van der Waals surface area contributed by atoms with Crippen LogP contribution in [0.3, 0.4) is 0 Å². The highest BCUT2D eigenvalue weighted by Crippen LogP contribution is 2.37. The highest BCUT2D eigenvalue weighted by Gasteiger charge is 2.17. The Morgan fingerprint density at radius 2 is 1.77 bits per heavy atom. The monoisotopic (exact) mass is 378 g/mol. The van der Waals surface area contributed by atoms with Gasteiger partial charge in [-0.05, 0) is 36.8 Å². The molecule has 0 aliphatic rings. The van der Waals surface area contributed by atoms with Crippen LogP contribution in [-0.2, 0) is 0 Å². The quantitative estimate of drug-likeness (QED) is 0.356. The Morgan fingerprint density at radius 3 is 2.54 bits per heavy atom. The zero-order chi connectivity index (χ0) is 18.1. The topological polar surface area (TPSA) is 70.5 Å². The van der Waals surface area contributed by atoms with E-state index in [9.17, 15) is 4.79 Å². The molecule has 0 aliphatic heterocycles. The SMILES string of the molecule is Cc1c(-c2nc3ccccc3s2)c(S)[nH]c(=O)c1N=Nc1ccccc1. The molecule has 2 aromatic heterocycles. The van der Waals surface area contributed by atoms with Crippen LogP contribution in [0.5, 0.6) is 0 Å². The van der Waals surface area contributed by atoms with E-state index < -0.39 is 0 Å². The van der Waals surface area contributed by atoms with Crippen LogP contribution in [0.4, 0.5) is 11.4 Å². The van der Waals surface area contributed by atoms with Gasteiger partial charge in [0.15, 0.2) is 5.69 Å². The summed E-state index contributed by atoms with van der Waals surface area (Å²) in [6.07, 6.45) is 0. The first-order valence-electron chi connectivity index (χ1n) is 7.92. The second kappa shape index (κ2) is 6.86. The van der Waals surface area contributed by atoms with Crippen LogP contribution in [0.1, 0.15) is 5.56 Å². The lowest BCUT2D eigenvalue weighted by Crippen LogP contribution is -2.09. The highest BCUT2D eigenvalue weighted by molar-refractivity contribution is 7.80. The second-order valence-corrected chi connectivity index (χ2v) is 7.15. The summed E-state index contributed by atoms with van der Waals surface area (Å²) < 4.78 is 1.08. The Hall–Kier alpha value is -2.77.